The van der Waals surface area contributed by atoms with Crippen LogP contribution in [0.3, 0.4) is 0 Å². The summed E-state index contributed by atoms with van der Waals surface area (Å²) in [5.41, 5.74) is 1.65. The lowest BCUT2D eigenvalue weighted by atomic mass is 10.1. The Morgan fingerprint density at radius 2 is 1.72 bits per heavy atom. The van der Waals surface area contributed by atoms with Gasteiger partial charge in [0.2, 0.25) is 0 Å². The Morgan fingerprint density at radius 3 is 2.36 bits per heavy atom. The summed E-state index contributed by atoms with van der Waals surface area (Å²) in [6, 6.07) is 10.8. The second kappa shape index (κ2) is 8.94. The van der Waals surface area contributed by atoms with E-state index in [2.05, 4.69) is 10.6 Å². The predicted molar refractivity (Wildman–Crippen MR) is 92.6 cm³/mol. The molecule has 0 saturated heterocycles. The molecule has 2 rings (SSSR count). The molecular formula is C19H21FN2O3. The average Bonchev–Trinajstić information content (AvgIpc) is 2.65. The molecule has 0 aromatic heterocycles. The zero-order chi connectivity index (χ0) is 18.2. The number of hydrogen-bond donors (Lipinski definition) is 3. The largest absolute Gasteiger partial charge is 0.392 e. The molecule has 2 amide bonds. The number of aliphatic hydroxyl groups is 1. The third-order valence-corrected chi connectivity index (χ3v) is 3.66. The minimum atomic E-state index is -0.483. The summed E-state index contributed by atoms with van der Waals surface area (Å²) in [5.74, 6) is -1.04. The molecule has 2 aromatic rings. The van der Waals surface area contributed by atoms with Crippen molar-refractivity contribution in [2.75, 3.05) is 6.54 Å². The van der Waals surface area contributed by atoms with Gasteiger partial charge in [0.05, 0.1) is 6.61 Å². The minimum absolute atomic E-state index is 0.182. The smallest absolute Gasteiger partial charge is 0.251 e. The van der Waals surface area contributed by atoms with Crippen LogP contribution in [0.1, 0.15) is 45.2 Å². The molecule has 3 N–H and O–H groups in total. The average molecular weight is 344 g/mol. The SMILES string of the molecule is CCCNC(=O)c1cccc(C(=O)NCc2ccc(F)c(CO)c2)c1. The van der Waals surface area contributed by atoms with Gasteiger partial charge >= 0.3 is 0 Å². The van der Waals surface area contributed by atoms with E-state index in [0.717, 1.165) is 6.42 Å². The van der Waals surface area contributed by atoms with E-state index < -0.39 is 12.4 Å². The molecule has 0 saturated carbocycles. The molecule has 0 unspecified atom stereocenters. The van der Waals surface area contributed by atoms with Crippen LogP contribution in [-0.4, -0.2) is 23.5 Å². The highest BCUT2D eigenvalue weighted by Gasteiger charge is 2.10. The zero-order valence-electron chi connectivity index (χ0n) is 14.0. The monoisotopic (exact) mass is 344 g/mol. The maximum Gasteiger partial charge on any atom is 0.251 e. The van der Waals surface area contributed by atoms with Crippen LogP contribution in [-0.2, 0) is 13.2 Å². The Kier molecular flexibility index (Phi) is 6.65. The van der Waals surface area contributed by atoms with Crippen LogP contribution >= 0.6 is 0 Å². The highest BCUT2D eigenvalue weighted by atomic mass is 19.1. The molecule has 0 aliphatic heterocycles. The molecule has 5 nitrogen and oxygen atoms in total. The zero-order valence-corrected chi connectivity index (χ0v) is 14.0. The van der Waals surface area contributed by atoms with E-state index in [1.165, 1.54) is 18.2 Å². The van der Waals surface area contributed by atoms with E-state index in [4.69, 9.17) is 5.11 Å². The van der Waals surface area contributed by atoms with E-state index in [0.29, 0.717) is 23.2 Å². The van der Waals surface area contributed by atoms with Crippen LogP contribution in [0.2, 0.25) is 0 Å². The molecule has 0 atom stereocenters. The third kappa shape index (κ3) is 5.12. The van der Waals surface area contributed by atoms with Crippen molar-refractivity contribution in [1.82, 2.24) is 10.6 Å². The molecule has 0 spiro atoms. The lowest BCUT2D eigenvalue weighted by molar-refractivity contribution is 0.0950. The molecule has 0 aliphatic rings. The van der Waals surface area contributed by atoms with Gasteiger partial charge in [-0.2, -0.15) is 0 Å². The molecule has 6 heteroatoms. The second-order valence-corrected chi connectivity index (χ2v) is 5.60. The molecule has 132 valence electrons. The van der Waals surface area contributed by atoms with Crippen LogP contribution in [0.25, 0.3) is 0 Å². The fourth-order valence-electron chi connectivity index (χ4n) is 2.29. The number of carbonyl (C=O) groups is 2. The second-order valence-electron chi connectivity index (χ2n) is 5.60. The Hall–Kier alpha value is -2.73. The molecule has 2 aromatic carbocycles. The first-order valence-electron chi connectivity index (χ1n) is 8.09. The number of rotatable bonds is 7. The summed E-state index contributed by atoms with van der Waals surface area (Å²) in [7, 11) is 0. The molecule has 0 fully saturated rings. The summed E-state index contributed by atoms with van der Waals surface area (Å²) < 4.78 is 13.4. The van der Waals surface area contributed by atoms with Gasteiger partial charge in [-0.1, -0.05) is 19.1 Å². The maximum absolute atomic E-state index is 13.4. The first-order chi connectivity index (χ1) is 12.0. The topological polar surface area (TPSA) is 78.4 Å². The fraction of sp³-hybridized carbons (Fsp3) is 0.263. The van der Waals surface area contributed by atoms with Gasteiger partial charge in [0, 0.05) is 29.8 Å². The number of hydrogen-bond acceptors (Lipinski definition) is 3. The van der Waals surface area contributed by atoms with Gasteiger partial charge in [-0.05, 0) is 42.3 Å². The van der Waals surface area contributed by atoms with Gasteiger partial charge in [-0.3, -0.25) is 9.59 Å². The summed E-state index contributed by atoms with van der Waals surface area (Å²) >= 11 is 0. The van der Waals surface area contributed by atoms with Crippen molar-refractivity contribution < 1.29 is 19.1 Å². The van der Waals surface area contributed by atoms with Crippen LogP contribution in [0.5, 0.6) is 0 Å². The van der Waals surface area contributed by atoms with Crippen LogP contribution in [0.4, 0.5) is 4.39 Å². The Balaban J connectivity index is 2.02. The Morgan fingerprint density at radius 1 is 1.04 bits per heavy atom. The summed E-state index contributed by atoms with van der Waals surface area (Å²) in [6.07, 6.45) is 0.833. The number of benzene rings is 2. The first-order valence-corrected chi connectivity index (χ1v) is 8.09. The fourth-order valence-corrected chi connectivity index (χ4v) is 2.29. The molecule has 0 aliphatic carbocycles. The van der Waals surface area contributed by atoms with Crippen molar-refractivity contribution in [3.63, 3.8) is 0 Å². The van der Waals surface area contributed by atoms with Gasteiger partial charge in [-0.15, -0.1) is 0 Å². The Bertz CT molecular complexity index is 762. The van der Waals surface area contributed by atoms with Crippen LogP contribution in [0.15, 0.2) is 42.5 Å². The Labute approximate surface area is 145 Å². The maximum atomic E-state index is 13.4. The highest BCUT2D eigenvalue weighted by Crippen LogP contribution is 2.11. The number of amides is 2. The van der Waals surface area contributed by atoms with Gasteiger partial charge in [0.15, 0.2) is 0 Å². The standard InChI is InChI=1S/C19H21FN2O3/c1-2-8-21-18(24)14-4-3-5-15(10-14)19(25)22-11-13-6-7-17(20)16(9-13)12-23/h3-7,9-10,23H,2,8,11-12H2,1H3,(H,21,24)(H,22,25). The van der Waals surface area contributed by atoms with Crippen LogP contribution < -0.4 is 10.6 Å². The van der Waals surface area contributed by atoms with E-state index in [-0.39, 0.29) is 23.9 Å². The van der Waals surface area contributed by atoms with Crippen molar-refractivity contribution >= 4 is 11.8 Å². The van der Waals surface area contributed by atoms with Gasteiger partial charge in [-0.25, -0.2) is 4.39 Å². The first kappa shape index (κ1) is 18.6. The van der Waals surface area contributed by atoms with Crippen LogP contribution in [0, 0.1) is 5.82 Å². The van der Waals surface area contributed by atoms with E-state index in [9.17, 15) is 14.0 Å². The van der Waals surface area contributed by atoms with E-state index in [1.54, 1.807) is 24.3 Å². The number of aliphatic hydroxyl groups excluding tert-OH is 1. The lowest BCUT2D eigenvalue weighted by Gasteiger charge is -2.09. The molecule has 0 heterocycles. The van der Waals surface area contributed by atoms with E-state index in [1.807, 2.05) is 6.92 Å². The molecule has 0 bridgehead atoms. The highest BCUT2D eigenvalue weighted by molar-refractivity contribution is 5.99. The number of carbonyl (C=O) groups excluding carboxylic acids is 2. The summed E-state index contributed by atoms with van der Waals surface area (Å²) in [6.45, 7) is 2.33. The molecule has 25 heavy (non-hydrogen) atoms. The van der Waals surface area contributed by atoms with Crippen molar-refractivity contribution in [1.29, 1.82) is 0 Å². The van der Waals surface area contributed by atoms with Crippen molar-refractivity contribution in [2.45, 2.75) is 26.5 Å². The predicted octanol–water partition coefficient (Wildman–Crippen LogP) is 2.39. The lowest BCUT2D eigenvalue weighted by Crippen LogP contribution is -2.26. The van der Waals surface area contributed by atoms with Gasteiger partial charge in [0.25, 0.3) is 11.8 Å². The molecule has 0 radical (unpaired) electrons. The van der Waals surface area contributed by atoms with E-state index >= 15 is 0 Å². The third-order valence-electron chi connectivity index (χ3n) is 3.66. The molecular weight excluding hydrogens is 323 g/mol. The summed E-state index contributed by atoms with van der Waals surface area (Å²) in [4.78, 5) is 24.2. The van der Waals surface area contributed by atoms with Gasteiger partial charge in [0.1, 0.15) is 5.82 Å². The van der Waals surface area contributed by atoms with Gasteiger partial charge < -0.3 is 15.7 Å². The van der Waals surface area contributed by atoms with Crippen molar-refractivity contribution in [3.05, 3.63) is 70.5 Å². The van der Waals surface area contributed by atoms with Crippen molar-refractivity contribution in [2.24, 2.45) is 0 Å². The number of nitrogens with one attached hydrogen (secondary N) is 2. The van der Waals surface area contributed by atoms with Crippen molar-refractivity contribution in [3.8, 4) is 0 Å². The number of halogens is 1. The quantitative estimate of drug-likeness (QED) is 0.722. The minimum Gasteiger partial charge on any atom is -0.392 e. The summed E-state index contributed by atoms with van der Waals surface area (Å²) in [5, 5.41) is 14.6. The normalized spacial score (nSPS) is 10.4.